The van der Waals surface area contributed by atoms with Crippen molar-refractivity contribution in [3.8, 4) is 5.75 Å². The fourth-order valence-corrected chi connectivity index (χ4v) is 2.81. The van der Waals surface area contributed by atoms with Gasteiger partial charge < -0.3 is 24.4 Å². The van der Waals surface area contributed by atoms with Crippen molar-refractivity contribution in [2.75, 3.05) is 47.1 Å². The second kappa shape index (κ2) is 12.1. The summed E-state index contributed by atoms with van der Waals surface area (Å²) < 4.78 is 16.1. The molecule has 6 nitrogen and oxygen atoms in total. The zero-order valence-corrected chi connectivity index (χ0v) is 15.8. The molecule has 1 saturated heterocycles. The van der Waals surface area contributed by atoms with Gasteiger partial charge >= 0.3 is 0 Å². The number of amides is 1. The molecule has 1 aliphatic heterocycles. The monoisotopic (exact) mass is 372 g/mol. The molecule has 0 aliphatic carbocycles. The van der Waals surface area contributed by atoms with Gasteiger partial charge in [0, 0.05) is 38.9 Å². The van der Waals surface area contributed by atoms with Gasteiger partial charge in [-0.25, -0.2) is 0 Å². The smallest absolute Gasteiger partial charge is 0.236 e. The van der Waals surface area contributed by atoms with Crippen LogP contribution < -0.4 is 10.1 Å². The van der Waals surface area contributed by atoms with Crippen LogP contribution in [0.4, 0.5) is 0 Å². The SMILES string of the molecule is COCCNCC(=O)N(Cc1ccccc1OC)CC1CCCO1.Cl. The molecule has 142 valence electrons. The van der Waals surface area contributed by atoms with Gasteiger partial charge in [0.05, 0.1) is 26.4 Å². The molecule has 0 aromatic heterocycles. The van der Waals surface area contributed by atoms with Crippen molar-refractivity contribution in [3.63, 3.8) is 0 Å². The molecule has 0 radical (unpaired) electrons. The summed E-state index contributed by atoms with van der Waals surface area (Å²) in [5.74, 6) is 0.863. The first-order valence-corrected chi connectivity index (χ1v) is 8.45. The van der Waals surface area contributed by atoms with Crippen molar-refractivity contribution in [2.24, 2.45) is 0 Å². The summed E-state index contributed by atoms with van der Waals surface area (Å²) >= 11 is 0. The highest BCUT2D eigenvalue weighted by atomic mass is 35.5. The van der Waals surface area contributed by atoms with Gasteiger partial charge in [0.1, 0.15) is 5.75 Å². The Morgan fingerprint density at radius 2 is 2.16 bits per heavy atom. The summed E-state index contributed by atoms with van der Waals surface area (Å²) in [5, 5.41) is 3.12. The molecule has 1 amide bonds. The van der Waals surface area contributed by atoms with Crippen LogP contribution in [-0.2, 0) is 20.8 Å². The number of para-hydroxylation sites is 1. The summed E-state index contributed by atoms with van der Waals surface area (Å²) in [7, 11) is 3.30. The van der Waals surface area contributed by atoms with Crippen LogP contribution in [0.25, 0.3) is 0 Å². The van der Waals surface area contributed by atoms with Gasteiger partial charge in [0.15, 0.2) is 0 Å². The van der Waals surface area contributed by atoms with E-state index < -0.39 is 0 Å². The minimum atomic E-state index is 0. The number of carbonyl (C=O) groups excluding carboxylic acids is 1. The van der Waals surface area contributed by atoms with Gasteiger partial charge in [-0.15, -0.1) is 12.4 Å². The van der Waals surface area contributed by atoms with E-state index in [4.69, 9.17) is 14.2 Å². The van der Waals surface area contributed by atoms with E-state index in [1.165, 1.54) is 0 Å². The highest BCUT2D eigenvalue weighted by molar-refractivity contribution is 5.85. The third-order valence-corrected chi connectivity index (χ3v) is 4.11. The van der Waals surface area contributed by atoms with Gasteiger partial charge in [-0.05, 0) is 18.9 Å². The normalized spacial score (nSPS) is 16.3. The number of ether oxygens (including phenoxy) is 3. The van der Waals surface area contributed by atoms with E-state index in [1.54, 1.807) is 14.2 Å². The van der Waals surface area contributed by atoms with Gasteiger partial charge in [-0.3, -0.25) is 4.79 Å². The number of hydrogen-bond acceptors (Lipinski definition) is 5. The molecule has 1 heterocycles. The Labute approximate surface area is 156 Å². The third-order valence-electron chi connectivity index (χ3n) is 4.11. The van der Waals surface area contributed by atoms with E-state index in [-0.39, 0.29) is 24.4 Å². The van der Waals surface area contributed by atoms with Crippen molar-refractivity contribution in [3.05, 3.63) is 29.8 Å². The standard InChI is InChI=1S/C18H28N2O4.ClH/c1-22-11-9-19-12-18(21)20(14-16-7-5-10-24-16)13-15-6-3-4-8-17(15)23-2;/h3-4,6,8,16,19H,5,7,9-14H2,1-2H3;1H. The van der Waals surface area contributed by atoms with Gasteiger partial charge in [0.25, 0.3) is 0 Å². The predicted octanol–water partition coefficient (Wildman–Crippen LogP) is 1.86. The van der Waals surface area contributed by atoms with Crippen LogP contribution in [0.1, 0.15) is 18.4 Å². The second-order valence-corrected chi connectivity index (χ2v) is 5.89. The molecular weight excluding hydrogens is 344 g/mol. The fraction of sp³-hybridized carbons (Fsp3) is 0.611. The van der Waals surface area contributed by atoms with Gasteiger partial charge in [-0.2, -0.15) is 0 Å². The zero-order valence-electron chi connectivity index (χ0n) is 15.0. The molecular formula is C18H29ClN2O4. The second-order valence-electron chi connectivity index (χ2n) is 5.89. The summed E-state index contributed by atoms with van der Waals surface area (Å²) in [5.41, 5.74) is 1.00. The Bertz CT molecular complexity index is 510. The number of hydrogen-bond donors (Lipinski definition) is 1. The molecule has 1 aromatic carbocycles. The molecule has 0 bridgehead atoms. The summed E-state index contributed by atoms with van der Waals surface area (Å²) in [6.45, 7) is 3.46. The van der Waals surface area contributed by atoms with E-state index in [2.05, 4.69) is 5.32 Å². The lowest BCUT2D eigenvalue weighted by molar-refractivity contribution is -0.132. The highest BCUT2D eigenvalue weighted by Gasteiger charge is 2.23. The first-order valence-electron chi connectivity index (χ1n) is 8.45. The van der Waals surface area contributed by atoms with Crippen molar-refractivity contribution in [1.29, 1.82) is 0 Å². The Morgan fingerprint density at radius 1 is 1.36 bits per heavy atom. The average Bonchev–Trinajstić information content (AvgIpc) is 3.11. The van der Waals surface area contributed by atoms with Crippen LogP contribution >= 0.6 is 12.4 Å². The molecule has 0 saturated carbocycles. The molecule has 25 heavy (non-hydrogen) atoms. The Hall–Kier alpha value is -1.34. The number of benzene rings is 1. The lowest BCUT2D eigenvalue weighted by Crippen LogP contribution is -2.42. The summed E-state index contributed by atoms with van der Waals surface area (Å²) in [6.07, 6.45) is 2.20. The minimum Gasteiger partial charge on any atom is -0.496 e. The van der Waals surface area contributed by atoms with E-state index in [0.717, 1.165) is 30.8 Å². The number of carbonyl (C=O) groups is 1. The molecule has 1 unspecified atom stereocenters. The molecule has 1 aliphatic rings. The van der Waals surface area contributed by atoms with Crippen molar-refractivity contribution >= 4 is 18.3 Å². The predicted molar refractivity (Wildman–Crippen MR) is 99.4 cm³/mol. The van der Waals surface area contributed by atoms with Crippen LogP contribution in [0.3, 0.4) is 0 Å². The number of halogens is 1. The maximum absolute atomic E-state index is 12.6. The van der Waals surface area contributed by atoms with Crippen LogP contribution in [0.15, 0.2) is 24.3 Å². The molecule has 0 spiro atoms. The minimum absolute atomic E-state index is 0. The third kappa shape index (κ3) is 7.20. The average molecular weight is 373 g/mol. The van der Waals surface area contributed by atoms with Crippen molar-refractivity contribution in [2.45, 2.75) is 25.5 Å². The molecule has 1 aromatic rings. The Kier molecular flexibility index (Phi) is 10.5. The highest BCUT2D eigenvalue weighted by Crippen LogP contribution is 2.21. The lowest BCUT2D eigenvalue weighted by Gasteiger charge is -2.26. The summed E-state index contributed by atoms with van der Waals surface area (Å²) in [6, 6.07) is 7.80. The molecule has 1 fully saturated rings. The van der Waals surface area contributed by atoms with Crippen molar-refractivity contribution in [1.82, 2.24) is 10.2 Å². The quantitative estimate of drug-likeness (QED) is 0.635. The number of nitrogens with one attached hydrogen (secondary N) is 1. The zero-order chi connectivity index (χ0) is 17.2. The van der Waals surface area contributed by atoms with Crippen LogP contribution in [-0.4, -0.2) is 64.0 Å². The topological polar surface area (TPSA) is 60.0 Å². The Balaban J connectivity index is 0.00000312. The van der Waals surface area contributed by atoms with Gasteiger partial charge in [0.2, 0.25) is 5.91 Å². The first kappa shape index (κ1) is 21.7. The van der Waals surface area contributed by atoms with E-state index >= 15 is 0 Å². The Morgan fingerprint density at radius 3 is 2.84 bits per heavy atom. The largest absolute Gasteiger partial charge is 0.496 e. The number of methoxy groups -OCH3 is 2. The number of nitrogens with zero attached hydrogens (tertiary/aromatic N) is 1. The van der Waals surface area contributed by atoms with E-state index in [9.17, 15) is 4.79 Å². The molecule has 7 heteroatoms. The number of rotatable bonds is 10. The van der Waals surface area contributed by atoms with Crippen LogP contribution in [0.2, 0.25) is 0 Å². The maximum Gasteiger partial charge on any atom is 0.236 e. The van der Waals surface area contributed by atoms with Crippen molar-refractivity contribution < 1.29 is 19.0 Å². The van der Waals surface area contributed by atoms with E-state index in [0.29, 0.717) is 32.8 Å². The fourth-order valence-electron chi connectivity index (χ4n) is 2.81. The summed E-state index contributed by atoms with van der Waals surface area (Å²) in [4.78, 5) is 14.5. The first-order chi connectivity index (χ1) is 11.7. The van der Waals surface area contributed by atoms with Crippen LogP contribution in [0, 0.1) is 0 Å². The lowest BCUT2D eigenvalue weighted by atomic mass is 10.1. The van der Waals surface area contributed by atoms with Gasteiger partial charge in [-0.1, -0.05) is 18.2 Å². The molecule has 2 rings (SSSR count). The molecule has 1 atom stereocenters. The van der Waals surface area contributed by atoms with E-state index in [1.807, 2.05) is 29.2 Å². The maximum atomic E-state index is 12.6. The molecule has 1 N–H and O–H groups in total. The van der Waals surface area contributed by atoms with Crippen LogP contribution in [0.5, 0.6) is 5.75 Å².